The molecule has 0 saturated carbocycles. The fourth-order valence-electron chi connectivity index (χ4n) is 2.76. The van der Waals surface area contributed by atoms with Crippen LogP contribution < -0.4 is 10.6 Å². The van der Waals surface area contributed by atoms with Gasteiger partial charge in [-0.15, -0.1) is 0 Å². The monoisotopic (exact) mass is 357 g/mol. The van der Waals surface area contributed by atoms with Crippen molar-refractivity contribution in [2.45, 2.75) is 0 Å². The van der Waals surface area contributed by atoms with Crippen molar-refractivity contribution >= 4 is 17.7 Å². The Morgan fingerprint density at radius 2 is 2.04 bits per heavy atom. The minimum Gasteiger partial charge on any atom is -0.459 e. The summed E-state index contributed by atoms with van der Waals surface area (Å²) in [6.07, 6.45) is 6.49. The number of rotatable bonds is 5. The molecule has 0 unspecified atom stereocenters. The Bertz CT molecular complexity index is 710. The van der Waals surface area contributed by atoms with E-state index in [9.17, 15) is 4.79 Å². The highest BCUT2D eigenvalue weighted by molar-refractivity contribution is 5.91. The fraction of sp³-hybridized carbons (Fsp3) is 0.412. The summed E-state index contributed by atoms with van der Waals surface area (Å²) in [5.41, 5.74) is 0. The van der Waals surface area contributed by atoms with Crippen LogP contribution in [0.2, 0.25) is 0 Å². The first kappa shape index (κ1) is 17.7. The van der Waals surface area contributed by atoms with E-state index in [-0.39, 0.29) is 5.91 Å². The molecule has 3 heterocycles. The van der Waals surface area contributed by atoms with Crippen molar-refractivity contribution in [2.75, 3.05) is 51.6 Å². The van der Waals surface area contributed by atoms with E-state index in [1.165, 1.54) is 6.26 Å². The fourth-order valence-corrected chi connectivity index (χ4v) is 2.76. The van der Waals surface area contributed by atoms with Crippen LogP contribution in [0.3, 0.4) is 0 Å². The summed E-state index contributed by atoms with van der Waals surface area (Å²) in [6.45, 7) is 4.13. The van der Waals surface area contributed by atoms with Crippen LogP contribution in [0.4, 0.5) is 5.82 Å². The van der Waals surface area contributed by atoms with E-state index in [2.05, 4.69) is 30.5 Å². The largest absolute Gasteiger partial charge is 0.459 e. The average molecular weight is 357 g/mol. The SMILES string of the molecule is CN=C(NCCNc1cnccn1)N1CCN(C(=O)c2ccco2)CC1. The van der Waals surface area contributed by atoms with Crippen molar-refractivity contribution in [2.24, 2.45) is 4.99 Å². The molecule has 0 aliphatic carbocycles. The van der Waals surface area contributed by atoms with E-state index in [4.69, 9.17) is 4.42 Å². The van der Waals surface area contributed by atoms with Gasteiger partial charge in [0.1, 0.15) is 5.82 Å². The number of hydrogen-bond donors (Lipinski definition) is 2. The summed E-state index contributed by atoms with van der Waals surface area (Å²) < 4.78 is 5.19. The Morgan fingerprint density at radius 3 is 2.69 bits per heavy atom. The number of furan rings is 1. The number of nitrogens with zero attached hydrogens (tertiary/aromatic N) is 5. The Balaban J connectivity index is 1.41. The first-order valence-corrected chi connectivity index (χ1v) is 8.56. The molecule has 0 aromatic carbocycles. The second kappa shape index (κ2) is 8.84. The summed E-state index contributed by atoms with van der Waals surface area (Å²) in [7, 11) is 1.76. The lowest BCUT2D eigenvalue weighted by atomic mass is 10.3. The maximum absolute atomic E-state index is 12.3. The molecule has 0 atom stereocenters. The molecule has 1 aliphatic rings. The molecule has 26 heavy (non-hydrogen) atoms. The van der Waals surface area contributed by atoms with E-state index in [0.29, 0.717) is 31.9 Å². The zero-order valence-electron chi connectivity index (χ0n) is 14.8. The third-order valence-electron chi connectivity index (χ3n) is 4.09. The first-order chi connectivity index (χ1) is 12.8. The number of hydrogen-bond acceptors (Lipinski definition) is 6. The van der Waals surface area contributed by atoms with E-state index in [1.54, 1.807) is 42.7 Å². The molecule has 2 aromatic heterocycles. The van der Waals surface area contributed by atoms with Gasteiger partial charge in [0.15, 0.2) is 11.7 Å². The molecule has 1 aliphatic heterocycles. The van der Waals surface area contributed by atoms with Gasteiger partial charge in [-0.2, -0.15) is 0 Å². The molecule has 9 nitrogen and oxygen atoms in total. The molecule has 3 rings (SSSR count). The number of carbonyl (C=O) groups is 1. The van der Waals surface area contributed by atoms with E-state index in [1.807, 2.05) is 0 Å². The molecule has 0 radical (unpaired) electrons. The second-order valence-corrected chi connectivity index (χ2v) is 5.75. The minimum atomic E-state index is -0.0641. The first-order valence-electron chi connectivity index (χ1n) is 8.56. The van der Waals surface area contributed by atoms with Gasteiger partial charge < -0.3 is 24.9 Å². The number of carbonyl (C=O) groups excluding carboxylic acids is 1. The van der Waals surface area contributed by atoms with Crippen molar-refractivity contribution in [1.29, 1.82) is 0 Å². The number of nitrogens with one attached hydrogen (secondary N) is 2. The van der Waals surface area contributed by atoms with E-state index >= 15 is 0 Å². The van der Waals surface area contributed by atoms with Crippen LogP contribution in [0.5, 0.6) is 0 Å². The second-order valence-electron chi connectivity index (χ2n) is 5.75. The maximum Gasteiger partial charge on any atom is 0.289 e. The molecule has 2 N–H and O–H groups in total. The summed E-state index contributed by atoms with van der Waals surface area (Å²) in [5, 5.41) is 6.52. The summed E-state index contributed by atoms with van der Waals surface area (Å²) in [6, 6.07) is 3.42. The van der Waals surface area contributed by atoms with Crippen LogP contribution in [0.25, 0.3) is 0 Å². The van der Waals surface area contributed by atoms with Crippen molar-refractivity contribution in [3.8, 4) is 0 Å². The van der Waals surface area contributed by atoms with Gasteiger partial charge in [-0.1, -0.05) is 0 Å². The molecular formula is C17H23N7O2. The van der Waals surface area contributed by atoms with Crippen LogP contribution in [0.15, 0.2) is 46.4 Å². The van der Waals surface area contributed by atoms with Crippen molar-refractivity contribution < 1.29 is 9.21 Å². The highest BCUT2D eigenvalue weighted by atomic mass is 16.3. The summed E-state index contributed by atoms with van der Waals surface area (Å²) in [5.74, 6) is 1.90. The topological polar surface area (TPSA) is 98.9 Å². The number of aromatic nitrogens is 2. The van der Waals surface area contributed by atoms with Gasteiger partial charge in [0.2, 0.25) is 0 Å². The minimum absolute atomic E-state index is 0.0641. The lowest BCUT2D eigenvalue weighted by Gasteiger charge is -2.36. The molecular weight excluding hydrogens is 334 g/mol. The molecule has 0 spiro atoms. The smallest absolute Gasteiger partial charge is 0.289 e. The standard InChI is InChI=1S/C17H23N7O2/c1-18-17(22-7-6-21-15-13-19-4-5-20-15)24-10-8-23(9-11-24)16(25)14-3-2-12-26-14/h2-5,12-13H,6-11H2,1H3,(H,18,22)(H,20,21). The van der Waals surface area contributed by atoms with Gasteiger partial charge in [-0.05, 0) is 12.1 Å². The van der Waals surface area contributed by atoms with Crippen molar-refractivity contribution in [3.05, 3.63) is 42.7 Å². The quantitative estimate of drug-likeness (QED) is 0.457. The number of amides is 1. The van der Waals surface area contributed by atoms with E-state index < -0.39 is 0 Å². The van der Waals surface area contributed by atoms with E-state index in [0.717, 1.165) is 24.9 Å². The van der Waals surface area contributed by atoms with Gasteiger partial charge in [-0.3, -0.25) is 14.8 Å². The predicted octanol–water partition coefficient (Wildman–Crippen LogP) is 0.515. The van der Waals surface area contributed by atoms with Crippen LogP contribution >= 0.6 is 0 Å². The maximum atomic E-state index is 12.3. The summed E-state index contributed by atoms with van der Waals surface area (Å²) >= 11 is 0. The number of guanidine groups is 1. The Morgan fingerprint density at radius 1 is 1.23 bits per heavy atom. The number of aliphatic imine (C=N–C) groups is 1. The molecule has 138 valence electrons. The highest BCUT2D eigenvalue weighted by Gasteiger charge is 2.24. The van der Waals surface area contributed by atoms with Crippen LogP contribution in [0, 0.1) is 0 Å². The number of piperazine rings is 1. The van der Waals surface area contributed by atoms with Gasteiger partial charge in [-0.25, -0.2) is 4.98 Å². The van der Waals surface area contributed by atoms with Gasteiger partial charge in [0, 0.05) is 58.7 Å². The Hall–Kier alpha value is -3.10. The van der Waals surface area contributed by atoms with Crippen LogP contribution in [-0.2, 0) is 0 Å². The molecule has 2 aromatic rings. The van der Waals surface area contributed by atoms with Crippen LogP contribution in [0.1, 0.15) is 10.6 Å². The van der Waals surface area contributed by atoms with Crippen molar-refractivity contribution in [3.63, 3.8) is 0 Å². The third-order valence-corrected chi connectivity index (χ3v) is 4.09. The highest BCUT2D eigenvalue weighted by Crippen LogP contribution is 2.09. The lowest BCUT2D eigenvalue weighted by Crippen LogP contribution is -2.54. The Labute approximate surface area is 152 Å². The molecule has 9 heteroatoms. The third kappa shape index (κ3) is 4.50. The Kier molecular flexibility index (Phi) is 6.02. The molecule has 1 saturated heterocycles. The zero-order chi connectivity index (χ0) is 18.2. The number of anilines is 1. The predicted molar refractivity (Wildman–Crippen MR) is 98.1 cm³/mol. The molecule has 1 amide bonds. The average Bonchev–Trinajstić information content (AvgIpc) is 3.23. The molecule has 1 fully saturated rings. The van der Waals surface area contributed by atoms with Gasteiger partial charge in [0.05, 0.1) is 12.5 Å². The van der Waals surface area contributed by atoms with Gasteiger partial charge >= 0.3 is 0 Å². The lowest BCUT2D eigenvalue weighted by molar-refractivity contribution is 0.0658. The zero-order valence-corrected chi connectivity index (χ0v) is 14.8. The van der Waals surface area contributed by atoms with Crippen LogP contribution in [-0.4, -0.2) is 78.0 Å². The summed E-state index contributed by atoms with van der Waals surface area (Å²) in [4.78, 5) is 28.8. The van der Waals surface area contributed by atoms with Gasteiger partial charge in [0.25, 0.3) is 5.91 Å². The van der Waals surface area contributed by atoms with Crippen molar-refractivity contribution in [1.82, 2.24) is 25.1 Å². The molecule has 0 bridgehead atoms. The normalized spacial score (nSPS) is 15.0.